The van der Waals surface area contributed by atoms with Gasteiger partial charge in [0.2, 0.25) is 0 Å². The van der Waals surface area contributed by atoms with Gasteiger partial charge >= 0.3 is 0 Å². The van der Waals surface area contributed by atoms with E-state index in [1.165, 1.54) is 4.57 Å². The number of amides is 1. The summed E-state index contributed by atoms with van der Waals surface area (Å²) in [5, 5.41) is 13.7. The number of hydrogen-bond donors (Lipinski definition) is 2. The largest absolute Gasteiger partial charge is 0.506 e. The number of para-hydroxylation sites is 1. The number of nitrogens with zero attached hydrogens (tertiary/aromatic N) is 1. The Morgan fingerprint density at radius 3 is 2.40 bits per heavy atom. The van der Waals surface area contributed by atoms with E-state index in [-0.39, 0.29) is 11.3 Å². The van der Waals surface area contributed by atoms with Crippen molar-refractivity contribution in [3.63, 3.8) is 0 Å². The number of aromatic nitrogens is 1. The van der Waals surface area contributed by atoms with Gasteiger partial charge in [0, 0.05) is 17.6 Å². The van der Waals surface area contributed by atoms with Crippen molar-refractivity contribution in [3.05, 3.63) is 70.0 Å². The summed E-state index contributed by atoms with van der Waals surface area (Å²) in [5.74, 6) is -0.896. The number of benzene rings is 2. The maximum absolute atomic E-state index is 12.7. The molecule has 0 unspecified atom stereocenters. The summed E-state index contributed by atoms with van der Waals surface area (Å²) in [5.41, 5.74) is 1.61. The summed E-state index contributed by atoms with van der Waals surface area (Å²) in [6.45, 7) is 4.29. The number of carbonyl (C=O) groups is 1. The van der Waals surface area contributed by atoms with Gasteiger partial charge in [-0.05, 0) is 43.2 Å². The highest BCUT2D eigenvalue weighted by molar-refractivity contribution is 6.09. The Labute approximate surface area is 145 Å². The summed E-state index contributed by atoms with van der Waals surface area (Å²) in [6, 6.07) is 14.4. The molecule has 0 bridgehead atoms. The topological polar surface area (TPSA) is 71.3 Å². The first kappa shape index (κ1) is 16.8. The van der Waals surface area contributed by atoms with Gasteiger partial charge in [0.15, 0.2) is 0 Å². The fourth-order valence-electron chi connectivity index (χ4n) is 2.93. The first-order valence-corrected chi connectivity index (χ1v) is 8.31. The van der Waals surface area contributed by atoms with Crippen LogP contribution in [-0.2, 0) is 13.0 Å². The third-order valence-corrected chi connectivity index (χ3v) is 4.31. The monoisotopic (exact) mass is 336 g/mol. The lowest BCUT2D eigenvalue weighted by molar-refractivity contribution is 0.102. The number of carbonyl (C=O) groups excluding carboxylic acids is 1. The summed E-state index contributed by atoms with van der Waals surface area (Å²) >= 11 is 0. The van der Waals surface area contributed by atoms with E-state index in [0.29, 0.717) is 23.1 Å². The number of fused-ring (bicyclic) bond motifs is 1. The van der Waals surface area contributed by atoms with Crippen LogP contribution < -0.4 is 10.9 Å². The van der Waals surface area contributed by atoms with E-state index in [1.807, 2.05) is 26.0 Å². The first-order chi connectivity index (χ1) is 12.1. The summed E-state index contributed by atoms with van der Waals surface area (Å²) in [4.78, 5) is 25.3. The van der Waals surface area contributed by atoms with E-state index in [0.717, 1.165) is 12.0 Å². The second kappa shape index (κ2) is 6.81. The Balaban J connectivity index is 2.07. The van der Waals surface area contributed by atoms with Gasteiger partial charge in [0.25, 0.3) is 11.5 Å². The Morgan fingerprint density at radius 1 is 1.08 bits per heavy atom. The number of rotatable bonds is 4. The average molecular weight is 336 g/mol. The maximum atomic E-state index is 12.7. The van der Waals surface area contributed by atoms with Crippen LogP contribution in [0.2, 0.25) is 0 Å². The van der Waals surface area contributed by atoms with Gasteiger partial charge in [-0.2, -0.15) is 0 Å². The van der Waals surface area contributed by atoms with E-state index in [1.54, 1.807) is 36.4 Å². The molecule has 0 fully saturated rings. The zero-order chi connectivity index (χ0) is 18.0. The maximum Gasteiger partial charge on any atom is 0.267 e. The quantitative estimate of drug-likeness (QED) is 0.765. The van der Waals surface area contributed by atoms with Crippen molar-refractivity contribution < 1.29 is 9.90 Å². The first-order valence-electron chi connectivity index (χ1n) is 8.31. The zero-order valence-corrected chi connectivity index (χ0v) is 14.2. The van der Waals surface area contributed by atoms with Gasteiger partial charge in [0.05, 0.1) is 5.52 Å². The van der Waals surface area contributed by atoms with E-state index in [9.17, 15) is 14.7 Å². The van der Waals surface area contributed by atoms with Crippen LogP contribution in [0.1, 0.15) is 29.8 Å². The Kier molecular flexibility index (Phi) is 4.57. The normalized spacial score (nSPS) is 10.8. The predicted octanol–water partition coefficient (Wildman–Crippen LogP) is 3.54. The molecule has 5 heteroatoms. The molecule has 0 aliphatic rings. The molecule has 0 aliphatic carbocycles. The molecule has 3 rings (SSSR count). The SMILES string of the molecule is CCc1ccc(NC(=O)c2c(O)c3ccccc3n(CC)c2=O)cc1. The van der Waals surface area contributed by atoms with Gasteiger partial charge in [-0.15, -0.1) is 0 Å². The predicted molar refractivity (Wildman–Crippen MR) is 99.3 cm³/mol. The van der Waals surface area contributed by atoms with Gasteiger partial charge < -0.3 is 15.0 Å². The summed E-state index contributed by atoms with van der Waals surface area (Å²) < 4.78 is 1.49. The minimum absolute atomic E-state index is 0.236. The molecule has 2 aromatic carbocycles. The van der Waals surface area contributed by atoms with Gasteiger partial charge in [0.1, 0.15) is 11.3 Å². The van der Waals surface area contributed by atoms with E-state index >= 15 is 0 Å². The van der Waals surface area contributed by atoms with Gasteiger partial charge in [-0.25, -0.2) is 0 Å². The molecule has 1 aromatic heterocycles. The van der Waals surface area contributed by atoms with Crippen molar-refractivity contribution >= 4 is 22.5 Å². The van der Waals surface area contributed by atoms with Crippen LogP contribution in [0.5, 0.6) is 5.75 Å². The smallest absolute Gasteiger partial charge is 0.267 e. The van der Waals surface area contributed by atoms with Crippen molar-refractivity contribution in [2.24, 2.45) is 0 Å². The van der Waals surface area contributed by atoms with Crippen molar-refractivity contribution in [1.29, 1.82) is 0 Å². The van der Waals surface area contributed by atoms with E-state index in [2.05, 4.69) is 5.32 Å². The lowest BCUT2D eigenvalue weighted by atomic mass is 10.1. The van der Waals surface area contributed by atoms with Crippen molar-refractivity contribution in [1.82, 2.24) is 4.57 Å². The number of aromatic hydroxyl groups is 1. The van der Waals surface area contributed by atoms with Gasteiger partial charge in [-0.1, -0.05) is 31.2 Å². The third-order valence-electron chi connectivity index (χ3n) is 4.31. The molecule has 5 nitrogen and oxygen atoms in total. The minimum Gasteiger partial charge on any atom is -0.506 e. The minimum atomic E-state index is -0.611. The fourth-order valence-corrected chi connectivity index (χ4v) is 2.93. The standard InChI is InChI=1S/C20H20N2O3/c1-3-13-9-11-14(12-10-13)21-19(24)17-18(23)15-7-5-6-8-16(15)22(4-2)20(17)25/h5-12,23H,3-4H2,1-2H3,(H,21,24). The van der Waals surface area contributed by atoms with Crippen LogP contribution >= 0.6 is 0 Å². The Morgan fingerprint density at radius 2 is 1.76 bits per heavy atom. The Hall–Kier alpha value is -3.08. The molecule has 128 valence electrons. The summed E-state index contributed by atoms with van der Waals surface area (Å²) in [7, 11) is 0. The van der Waals surface area contributed by atoms with E-state index in [4.69, 9.17) is 0 Å². The molecule has 0 radical (unpaired) electrons. The number of pyridine rings is 1. The molecule has 3 aromatic rings. The van der Waals surface area contributed by atoms with Crippen LogP contribution in [-0.4, -0.2) is 15.6 Å². The molecule has 0 atom stereocenters. The number of anilines is 1. The lowest BCUT2D eigenvalue weighted by Crippen LogP contribution is -2.29. The number of aryl methyl sites for hydroxylation is 2. The highest BCUT2D eigenvalue weighted by Gasteiger charge is 2.21. The van der Waals surface area contributed by atoms with Crippen LogP contribution in [0.4, 0.5) is 5.69 Å². The van der Waals surface area contributed by atoms with Crippen LogP contribution in [0.25, 0.3) is 10.9 Å². The van der Waals surface area contributed by atoms with Gasteiger partial charge in [-0.3, -0.25) is 9.59 Å². The lowest BCUT2D eigenvalue weighted by Gasteiger charge is -2.13. The molecule has 1 amide bonds. The second-order valence-corrected chi connectivity index (χ2v) is 5.79. The number of nitrogens with one attached hydrogen (secondary N) is 1. The molecule has 2 N–H and O–H groups in total. The zero-order valence-electron chi connectivity index (χ0n) is 14.2. The van der Waals surface area contributed by atoms with Crippen molar-refractivity contribution in [2.45, 2.75) is 26.8 Å². The van der Waals surface area contributed by atoms with Crippen LogP contribution in [0.3, 0.4) is 0 Å². The Bertz CT molecular complexity index is 988. The molecule has 25 heavy (non-hydrogen) atoms. The second-order valence-electron chi connectivity index (χ2n) is 5.79. The molecule has 0 spiro atoms. The number of hydrogen-bond acceptors (Lipinski definition) is 3. The van der Waals surface area contributed by atoms with Crippen LogP contribution in [0, 0.1) is 0 Å². The molecule has 0 aliphatic heterocycles. The van der Waals surface area contributed by atoms with Crippen LogP contribution in [0.15, 0.2) is 53.3 Å². The van der Waals surface area contributed by atoms with E-state index < -0.39 is 11.5 Å². The molecular formula is C20H20N2O3. The highest BCUT2D eigenvalue weighted by Crippen LogP contribution is 2.26. The average Bonchev–Trinajstić information content (AvgIpc) is 2.63. The molecule has 1 heterocycles. The molecule has 0 saturated carbocycles. The third kappa shape index (κ3) is 3.01. The van der Waals surface area contributed by atoms with Crippen molar-refractivity contribution in [3.8, 4) is 5.75 Å². The molecule has 0 saturated heterocycles. The van der Waals surface area contributed by atoms with Crippen molar-refractivity contribution in [2.75, 3.05) is 5.32 Å². The molecular weight excluding hydrogens is 316 g/mol. The fraction of sp³-hybridized carbons (Fsp3) is 0.200. The highest BCUT2D eigenvalue weighted by atomic mass is 16.3. The summed E-state index contributed by atoms with van der Waals surface area (Å²) in [6.07, 6.45) is 0.904.